The molecule has 0 aliphatic heterocycles. The van der Waals surface area contributed by atoms with Crippen LogP contribution in [0.5, 0.6) is 0 Å². The lowest BCUT2D eigenvalue weighted by Gasteiger charge is -2.19. The Balaban J connectivity index is 1.84. The fourth-order valence-electron chi connectivity index (χ4n) is 2.42. The second-order valence-electron chi connectivity index (χ2n) is 5.55. The molecule has 0 aliphatic rings. The van der Waals surface area contributed by atoms with E-state index in [1.54, 1.807) is 12.1 Å². The van der Waals surface area contributed by atoms with Crippen molar-refractivity contribution in [1.82, 2.24) is 0 Å². The van der Waals surface area contributed by atoms with Crippen molar-refractivity contribution in [1.29, 1.82) is 0 Å². The number of halogens is 1. The maximum atomic E-state index is 12.1. The minimum atomic E-state index is -0.277. The van der Waals surface area contributed by atoms with Gasteiger partial charge in [0.15, 0.2) is 0 Å². The van der Waals surface area contributed by atoms with Gasteiger partial charge in [0, 0.05) is 10.0 Å². The highest BCUT2D eigenvalue weighted by Gasteiger charge is 2.16. The summed E-state index contributed by atoms with van der Waals surface area (Å²) in [6.07, 6.45) is -0.129. The Morgan fingerprint density at radius 2 is 1.91 bits per heavy atom. The molecule has 22 heavy (non-hydrogen) atoms. The zero-order chi connectivity index (χ0) is 15.9. The molecule has 2 rings (SSSR count). The predicted octanol–water partition coefficient (Wildman–Crippen LogP) is 2.71. The molecule has 0 fully saturated rings. The number of rotatable bonds is 6. The number of carbonyl (C=O) groups excluding carboxylic acids is 1. The summed E-state index contributed by atoms with van der Waals surface area (Å²) in [6.45, 7) is 3.62. The number of quaternary nitrogens is 1. The number of hydrogen-bond donors (Lipinski definition) is 1. The first kappa shape index (κ1) is 16.7. The van der Waals surface area contributed by atoms with Gasteiger partial charge in [-0.1, -0.05) is 52.3 Å². The van der Waals surface area contributed by atoms with Crippen LogP contribution in [-0.2, 0) is 11.3 Å². The largest absolute Gasteiger partial charge is 0.453 e. The maximum Gasteiger partial charge on any atom is 0.338 e. The third-order valence-corrected chi connectivity index (χ3v) is 3.85. The van der Waals surface area contributed by atoms with Crippen molar-refractivity contribution < 1.29 is 14.4 Å². The number of benzene rings is 2. The van der Waals surface area contributed by atoms with E-state index in [0.29, 0.717) is 5.56 Å². The molecule has 0 amide bonds. The van der Waals surface area contributed by atoms with Gasteiger partial charge in [0.1, 0.15) is 19.2 Å². The minimum Gasteiger partial charge on any atom is -0.453 e. The van der Waals surface area contributed by atoms with Gasteiger partial charge in [0.2, 0.25) is 0 Å². The molecule has 0 radical (unpaired) electrons. The molecule has 4 heteroatoms. The van der Waals surface area contributed by atoms with Gasteiger partial charge in [-0.05, 0) is 25.1 Å². The summed E-state index contributed by atoms with van der Waals surface area (Å²) in [5.74, 6) is -0.277. The summed E-state index contributed by atoms with van der Waals surface area (Å²) in [4.78, 5) is 13.4. The van der Waals surface area contributed by atoms with Gasteiger partial charge in [0.05, 0.1) is 12.6 Å². The molecule has 0 heterocycles. The molecule has 0 saturated heterocycles. The van der Waals surface area contributed by atoms with Crippen molar-refractivity contribution in [2.24, 2.45) is 0 Å². The zero-order valence-corrected chi connectivity index (χ0v) is 14.5. The van der Waals surface area contributed by atoms with Gasteiger partial charge in [-0.25, -0.2) is 4.79 Å². The standard InChI is InChI=1S/C18H20BrNO2/c1-14(12-20(2)13-15-7-4-3-5-8-15)22-18(21)16-9-6-10-17(19)11-16/h3-11,14H,12-13H2,1-2H3/p+1/t14-/m1/s1. The van der Waals surface area contributed by atoms with Gasteiger partial charge >= 0.3 is 5.97 Å². The molecular formula is C18H21BrNO2+. The van der Waals surface area contributed by atoms with Crippen LogP contribution in [-0.4, -0.2) is 25.7 Å². The van der Waals surface area contributed by atoms with Gasteiger partial charge in [-0.15, -0.1) is 0 Å². The van der Waals surface area contributed by atoms with Crippen LogP contribution in [0, 0.1) is 0 Å². The van der Waals surface area contributed by atoms with Crippen LogP contribution < -0.4 is 4.90 Å². The fourth-order valence-corrected chi connectivity index (χ4v) is 2.81. The second-order valence-corrected chi connectivity index (χ2v) is 6.47. The first-order chi connectivity index (χ1) is 10.5. The number of esters is 1. The Morgan fingerprint density at radius 3 is 2.59 bits per heavy atom. The Labute approximate surface area is 140 Å². The maximum absolute atomic E-state index is 12.1. The summed E-state index contributed by atoms with van der Waals surface area (Å²) < 4.78 is 6.40. The van der Waals surface area contributed by atoms with E-state index in [4.69, 9.17) is 4.74 Å². The molecule has 116 valence electrons. The van der Waals surface area contributed by atoms with Crippen LogP contribution in [0.3, 0.4) is 0 Å². The predicted molar refractivity (Wildman–Crippen MR) is 90.9 cm³/mol. The average Bonchev–Trinajstić information content (AvgIpc) is 2.47. The number of carbonyl (C=O) groups is 1. The average molecular weight is 363 g/mol. The fraction of sp³-hybridized carbons (Fsp3) is 0.278. The third-order valence-electron chi connectivity index (χ3n) is 3.35. The van der Waals surface area contributed by atoms with E-state index in [0.717, 1.165) is 17.6 Å². The van der Waals surface area contributed by atoms with Crippen molar-refractivity contribution in [2.45, 2.75) is 19.6 Å². The molecule has 3 nitrogen and oxygen atoms in total. The van der Waals surface area contributed by atoms with Crippen LogP contribution in [0.2, 0.25) is 0 Å². The summed E-state index contributed by atoms with van der Waals surface area (Å²) >= 11 is 3.36. The van der Waals surface area contributed by atoms with Gasteiger partial charge in [-0.3, -0.25) is 0 Å². The summed E-state index contributed by atoms with van der Waals surface area (Å²) in [6, 6.07) is 17.6. The smallest absolute Gasteiger partial charge is 0.338 e. The van der Waals surface area contributed by atoms with E-state index in [-0.39, 0.29) is 12.1 Å². The number of nitrogens with one attached hydrogen (secondary N) is 1. The second kappa shape index (κ2) is 8.11. The molecular weight excluding hydrogens is 342 g/mol. The minimum absolute atomic E-state index is 0.129. The first-order valence-corrected chi connectivity index (χ1v) is 8.15. The van der Waals surface area contributed by atoms with Crippen molar-refractivity contribution in [3.05, 3.63) is 70.2 Å². The topological polar surface area (TPSA) is 30.7 Å². The molecule has 0 bridgehead atoms. The molecule has 0 saturated carbocycles. The normalized spacial score (nSPS) is 13.4. The van der Waals surface area contributed by atoms with Gasteiger partial charge in [0.25, 0.3) is 0 Å². The van der Waals surface area contributed by atoms with Gasteiger partial charge in [-0.2, -0.15) is 0 Å². The Morgan fingerprint density at radius 1 is 1.18 bits per heavy atom. The highest BCUT2D eigenvalue weighted by atomic mass is 79.9. The summed E-state index contributed by atoms with van der Waals surface area (Å²) in [5, 5.41) is 0. The molecule has 0 aromatic heterocycles. The highest BCUT2D eigenvalue weighted by Crippen LogP contribution is 2.13. The van der Waals surface area contributed by atoms with Crippen LogP contribution >= 0.6 is 15.9 Å². The van der Waals surface area contributed by atoms with Crippen LogP contribution in [0.4, 0.5) is 0 Å². The van der Waals surface area contributed by atoms with Crippen molar-refractivity contribution >= 4 is 21.9 Å². The van der Waals surface area contributed by atoms with Crippen LogP contribution in [0.1, 0.15) is 22.8 Å². The van der Waals surface area contributed by atoms with E-state index in [1.807, 2.05) is 37.3 Å². The van der Waals surface area contributed by atoms with Crippen molar-refractivity contribution in [2.75, 3.05) is 13.6 Å². The Hall–Kier alpha value is -1.65. The first-order valence-electron chi connectivity index (χ1n) is 7.36. The molecule has 2 aromatic rings. The van der Waals surface area contributed by atoms with E-state index in [2.05, 4.69) is 35.1 Å². The van der Waals surface area contributed by atoms with Crippen LogP contribution in [0.15, 0.2) is 59.1 Å². The Bertz CT molecular complexity index is 615. The SMILES string of the molecule is C[C@H](C[NH+](C)Cc1ccccc1)OC(=O)c1cccc(Br)c1. The van der Waals surface area contributed by atoms with E-state index >= 15 is 0 Å². The summed E-state index contributed by atoms with van der Waals surface area (Å²) in [7, 11) is 2.11. The van der Waals surface area contributed by atoms with Crippen molar-refractivity contribution in [3.8, 4) is 0 Å². The van der Waals surface area contributed by atoms with E-state index in [1.165, 1.54) is 10.5 Å². The molecule has 1 N–H and O–H groups in total. The lowest BCUT2D eigenvalue weighted by atomic mass is 10.2. The van der Waals surface area contributed by atoms with Gasteiger partial charge < -0.3 is 9.64 Å². The third kappa shape index (κ3) is 5.28. The molecule has 0 spiro atoms. The quantitative estimate of drug-likeness (QED) is 0.801. The lowest BCUT2D eigenvalue weighted by molar-refractivity contribution is -0.896. The Kier molecular flexibility index (Phi) is 6.16. The van der Waals surface area contributed by atoms with E-state index in [9.17, 15) is 4.79 Å². The number of ether oxygens (including phenoxy) is 1. The molecule has 2 aromatic carbocycles. The molecule has 0 aliphatic carbocycles. The lowest BCUT2D eigenvalue weighted by Crippen LogP contribution is -3.08. The molecule has 2 atom stereocenters. The number of hydrogen-bond acceptors (Lipinski definition) is 2. The zero-order valence-electron chi connectivity index (χ0n) is 12.9. The highest BCUT2D eigenvalue weighted by molar-refractivity contribution is 9.10. The van der Waals surface area contributed by atoms with Crippen LogP contribution in [0.25, 0.3) is 0 Å². The van der Waals surface area contributed by atoms with Crippen molar-refractivity contribution in [3.63, 3.8) is 0 Å². The number of likely N-dealkylation sites (N-methyl/N-ethyl adjacent to an activating group) is 1. The monoisotopic (exact) mass is 362 g/mol. The molecule has 1 unspecified atom stereocenters. The van der Waals surface area contributed by atoms with E-state index < -0.39 is 0 Å². The summed E-state index contributed by atoms with van der Waals surface area (Å²) in [5.41, 5.74) is 1.85.